The van der Waals surface area contributed by atoms with Gasteiger partial charge in [0.2, 0.25) is 5.91 Å². The molecule has 0 fully saturated rings. The smallest absolute Gasteiger partial charge is 0.261 e. The van der Waals surface area contributed by atoms with E-state index in [4.69, 9.17) is 0 Å². The van der Waals surface area contributed by atoms with Gasteiger partial charge in [-0.25, -0.2) is 12.8 Å². The molecule has 0 aliphatic carbocycles. The first-order valence-electron chi connectivity index (χ1n) is 8.76. The number of carbonyl (C=O) groups is 1. The molecule has 0 aliphatic heterocycles. The van der Waals surface area contributed by atoms with Crippen molar-refractivity contribution < 1.29 is 17.6 Å². The largest absolute Gasteiger partial charge is 0.323 e. The number of anilines is 2. The van der Waals surface area contributed by atoms with Gasteiger partial charge in [-0.15, -0.1) is 0 Å². The Morgan fingerprint density at radius 3 is 2.07 bits per heavy atom. The van der Waals surface area contributed by atoms with Crippen LogP contribution in [-0.2, 0) is 14.8 Å². The van der Waals surface area contributed by atoms with E-state index in [1.165, 1.54) is 54.6 Å². The SMILES string of the molecule is Cc1ccc(/C=C/C(=O)Nc2ccc(S(=O)(=O)Nc3ccc(F)cc3)cc2)cc1. The molecule has 0 aromatic heterocycles. The molecule has 0 radical (unpaired) electrons. The third kappa shape index (κ3) is 5.76. The van der Waals surface area contributed by atoms with Crippen molar-refractivity contribution in [2.75, 3.05) is 10.0 Å². The Bertz CT molecular complexity index is 1120. The zero-order valence-corrected chi connectivity index (χ0v) is 16.4. The van der Waals surface area contributed by atoms with Gasteiger partial charge in [0.25, 0.3) is 10.0 Å². The molecule has 148 valence electrons. The summed E-state index contributed by atoms with van der Waals surface area (Å²) in [6.07, 6.45) is 3.10. The summed E-state index contributed by atoms with van der Waals surface area (Å²) >= 11 is 0. The summed E-state index contributed by atoms with van der Waals surface area (Å²) in [7, 11) is -3.82. The Labute approximate surface area is 169 Å². The van der Waals surface area contributed by atoms with Crippen LogP contribution in [0.25, 0.3) is 6.08 Å². The molecule has 3 aromatic carbocycles. The van der Waals surface area contributed by atoms with Crippen molar-refractivity contribution >= 4 is 33.4 Å². The number of sulfonamides is 1. The lowest BCUT2D eigenvalue weighted by Crippen LogP contribution is -2.13. The molecule has 0 bridgehead atoms. The molecular weight excluding hydrogens is 391 g/mol. The van der Waals surface area contributed by atoms with Gasteiger partial charge in [-0.2, -0.15) is 0 Å². The van der Waals surface area contributed by atoms with E-state index in [2.05, 4.69) is 10.0 Å². The maximum atomic E-state index is 12.9. The highest BCUT2D eigenvalue weighted by atomic mass is 32.2. The zero-order valence-electron chi connectivity index (χ0n) is 15.6. The van der Waals surface area contributed by atoms with Gasteiger partial charge in [-0.3, -0.25) is 9.52 Å². The number of hydrogen-bond acceptors (Lipinski definition) is 3. The summed E-state index contributed by atoms with van der Waals surface area (Å²) in [5, 5.41) is 2.68. The first-order chi connectivity index (χ1) is 13.8. The second kappa shape index (κ2) is 8.70. The van der Waals surface area contributed by atoms with Crippen LogP contribution in [0.3, 0.4) is 0 Å². The number of halogens is 1. The minimum atomic E-state index is -3.82. The maximum Gasteiger partial charge on any atom is 0.261 e. The van der Waals surface area contributed by atoms with E-state index in [1.54, 1.807) is 6.08 Å². The number of hydrogen-bond donors (Lipinski definition) is 2. The monoisotopic (exact) mass is 410 g/mol. The Hall–Kier alpha value is -3.45. The van der Waals surface area contributed by atoms with Crippen LogP contribution in [0.4, 0.5) is 15.8 Å². The van der Waals surface area contributed by atoms with Crippen LogP contribution in [0.5, 0.6) is 0 Å². The Balaban J connectivity index is 1.63. The predicted molar refractivity (Wildman–Crippen MR) is 112 cm³/mol. The molecule has 7 heteroatoms. The molecular formula is C22H19FN2O3S. The lowest BCUT2D eigenvalue weighted by Gasteiger charge is -2.09. The van der Waals surface area contributed by atoms with Crippen molar-refractivity contribution in [2.24, 2.45) is 0 Å². The molecule has 3 rings (SSSR count). The number of amides is 1. The van der Waals surface area contributed by atoms with Gasteiger partial charge < -0.3 is 5.32 Å². The third-order valence-electron chi connectivity index (χ3n) is 4.03. The van der Waals surface area contributed by atoms with Gasteiger partial charge in [0.05, 0.1) is 4.90 Å². The van der Waals surface area contributed by atoms with Crippen molar-refractivity contribution in [2.45, 2.75) is 11.8 Å². The van der Waals surface area contributed by atoms with Crippen molar-refractivity contribution in [3.05, 3.63) is 95.8 Å². The van der Waals surface area contributed by atoms with Gasteiger partial charge >= 0.3 is 0 Å². The molecule has 2 N–H and O–H groups in total. The normalized spacial score (nSPS) is 11.4. The molecule has 0 atom stereocenters. The summed E-state index contributed by atoms with van der Waals surface area (Å²) in [5.74, 6) is -0.782. The van der Waals surface area contributed by atoms with Crippen LogP contribution in [0.2, 0.25) is 0 Å². The average molecular weight is 410 g/mol. The summed E-state index contributed by atoms with van der Waals surface area (Å²) in [5.41, 5.74) is 2.75. The highest BCUT2D eigenvalue weighted by molar-refractivity contribution is 7.92. The van der Waals surface area contributed by atoms with Gasteiger partial charge in [0.15, 0.2) is 0 Å². The van der Waals surface area contributed by atoms with Crippen LogP contribution < -0.4 is 10.0 Å². The standard InChI is InChI=1S/C22H19FN2O3S/c1-16-2-4-17(5-3-16)6-15-22(26)24-19-11-13-21(14-12-19)29(27,28)25-20-9-7-18(23)8-10-20/h2-15,25H,1H3,(H,24,26)/b15-6+. The lowest BCUT2D eigenvalue weighted by molar-refractivity contribution is -0.111. The third-order valence-corrected chi connectivity index (χ3v) is 5.43. The number of rotatable bonds is 6. The highest BCUT2D eigenvalue weighted by Gasteiger charge is 2.14. The van der Waals surface area contributed by atoms with Gasteiger partial charge in [-0.1, -0.05) is 29.8 Å². The van der Waals surface area contributed by atoms with E-state index in [-0.39, 0.29) is 16.5 Å². The van der Waals surface area contributed by atoms with E-state index in [0.29, 0.717) is 5.69 Å². The molecule has 0 heterocycles. The van der Waals surface area contributed by atoms with Crippen LogP contribution in [-0.4, -0.2) is 14.3 Å². The number of benzene rings is 3. The zero-order chi connectivity index (χ0) is 20.9. The molecule has 0 aliphatic rings. The molecule has 0 spiro atoms. The van der Waals surface area contributed by atoms with Crippen molar-refractivity contribution in [1.29, 1.82) is 0 Å². The minimum Gasteiger partial charge on any atom is -0.323 e. The van der Waals surface area contributed by atoms with Gasteiger partial charge in [-0.05, 0) is 67.1 Å². The number of nitrogens with one attached hydrogen (secondary N) is 2. The first-order valence-corrected chi connectivity index (χ1v) is 10.2. The van der Waals surface area contributed by atoms with Crippen LogP contribution in [0.15, 0.2) is 83.8 Å². The fraction of sp³-hybridized carbons (Fsp3) is 0.0455. The molecule has 3 aromatic rings. The fourth-order valence-electron chi connectivity index (χ4n) is 2.48. The van der Waals surface area contributed by atoms with Crippen molar-refractivity contribution in [3.63, 3.8) is 0 Å². The first kappa shape index (κ1) is 20.3. The van der Waals surface area contributed by atoms with E-state index >= 15 is 0 Å². The Kier molecular flexibility index (Phi) is 6.09. The summed E-state index contributed by atoms with van der Waals surface area (Å²) in [6.45, 7) is 1.99. The number of aryl methyl sites for hydroxylation is 1. The summed E-state index contributed by atoms with van der Waals surface area (Å²) < 4.78 is 40.1. The van der Waals surface area contributed by atoms with E-state index in [9.17, 15) is 17.6 Å². The fourth-order valence-corrected chi connectivity index (χ4v) is 3.54. The molecule has 0 saturated carbocycles. The van der Waals surface area contributed by atoms with Crippen LogP contribution in [0, 0.1) is 12.7 Å². The lowest BCUT2D eigenvalue weighted by atomic mass is 10.1. The average Bonchev–Trinajstić information content (AvgIpc) is 2.70. The van der Waals surface area contributed by atoms with Gasteiger partial charge in [0, 0.05) is 17.5 Å². The summed E-state index contributed by atoms with van der Waals surface area (Å²) in [6, 6.07) is 18.5. The molecule has 0 saturated heterocycles. The minimum absolute atomic E-state index is 0.0232. The van der Waals surface area contributed by atoms with E-state index in [1.807, 2.05) is 31.2 Å². The quantitative estimate of drug-likeness (QED) is 0.584. The maximum absolute atomic E-state index is 12.9. The Morgan fingerprint density at radius 2 is 1.45 bits per heavy atom. The Morgan fingerprint density at radius 1 is 0.862 bits per heavy atom. The topological polar surface area (TPSA) is 75.3 Å². The van der Waals surface area contributed by atoms with Crippen molar-refractivity contribution in [3.8, 4) is 0 Å². The highest BCUT2D eigenvalue weighted by Crippen LogP contribution is 2.18. The molecule has 5 nitrogen and oxygen atoms in total. The van der Waals surface area contributed by atoms with E-state index < -0.39 is 15.8 Å². The number of carbonyl (C=O) groups excluding carboxylic acids is 1. The molecule has 29 heavy (non-hydrogen) atoms. The molecule has 1 amide bonds. The van der Waals surface area contributed by atoms with Crippen LogP contribution in [0.1, 0.15) is 11.1 Å². The summed E-state index contributed by atoms with van der Waals surface area (Å²) in [4.78, 5) is 12.1. The van der Waals surface area contributed by atoms with Gasteiger partial charge in [0.1, 0.15) is 5.82 Å². The second-order valence-electron chi connectivity index (χ2n) is 6.37. The van der Waals surface area contributed by atoms with Crippen LogP contribution >= 0.6 is 0 Å². The van der Waals surface area contributed by atoms with E-state index in [0.717, 1.165) is 11.1 Å². The predicted octanol–water partition coefficient (Wildman–Crippen LogP) is 4.59. The second-order valence-corrected chi connectivity index (χ2v) is 8.05. The van der Waals surface area contributed by atoms with Crippen molar-refractivity contribution in [1.82, 2.24) is 0 Å². The molecule has 0 unspecified atom stereocenters.